The van der Waals surface area contributed by atoms with Crippen molar-refractivity contribution in [3.8, 4) is 0 Å². The van der Waals surface area contributed by atoms with Crippen LogP contribution in [0.5, 0.6) is 0 Å². The molecule has 0 bridgehead atoms. The molecular weight excluding hydrogens is 340 g/mol. The molecule has 0 aliphatic carbocycles. The van der Waals surface area contributed by atoms with E-state index < -0.39 is 17.7 Å². The second kappa shape index (κ2) is 8.39. The van der Waals surface area contributed by atoms with E-state index in [-0.39, 0.29) is 29.0 Å². The molecule has 2 rings (SSSR count). The number of alkyl halides is 2. The Morgan fingerprint density at radius 1 is 1.17 bits per heavy atom. The third-order valence-electron chi connectivity index (χ3n) is 2.94. The van der Waals surface area contributed by atoms with Gasteiger partial charge in [-0.1, -0.05) is 12.1 Å². The van der Waals surface area contributed by atoms with Crippen LogP contribution in [-0.2, 0) is 16.1 Å². The lowest BCUT2D eigenvalue weighted by Crippen LogP contribution is -2.08. The highest BCUT2D eigenvalue weighted by atomic mass is 32.2. The molecular formula is C16H13F2NO4S. The topological polar surface area (TPSA) is 65.5 Å². The normalized spacial score (nSPS) is 10.5. The lowest BCUT2D eigenvalue weighted by molar-refractivity contribution is 0.0466. The third-order valence-corrected chi connectivity index (χ3v) is 3.66. The predicted molar refractivity (Wildman–Crippen MR) is 83.0 cm³/mol. The van der Waals surface area contributed by atoms with Gasteiger partial charge in [0.2, 0.25) is 0 Å². The number of thioether (sulfide) groups is 1. The maximum atomic E-state index is 12.5. The second-order valence-corrected chi connectivity index (χ2v) is 5.48. The largest absolute Gasteiger partial charge is 0.465 e. The maximum Gasteiger partial charge on any atom is 0.341 e. The van der Waals surface area contributed by atoms with E-state index in [2.05, 4.69) is 9.72 Å². The Bertz CT molecular complexity index is 722. The van der Waals surface area contributed by atoms with Gasteiger partial charge in [0.15, 0.2) is 0 Å². The van der Waals surface area contributed by atoms with Crippen LogP contribution >= 0.6 is 11.8 Å². The second-order valence-electron chi connectivity index (χ2n) is 4.50. The van der Waals surface area contributed by atoms with Crippen molar-refractivity contribution in [1.82, 2.24) is 4.98 Å². The molecule has 1 heterocycles. The fourth-order valence-electron chi connectivity index (χ4n) is 1.81. The number of hydrogen-bond donors (Lipinski definition) is 0. The summed E-state index contributed by atoms with van der Waals surface area (Å²) in [6.07, 6.45) is 1.33. The molecule has 0 amide bonds. The summed E-state index contributed by atoms with van der Waals surface area (Å²) in [5.74, 6) is -3.90. The van der Waals surface area contributed by atoms with E-state index in [1.54, 1.807) is 12.1 Å². The molecule has 0 N–H and O–H groups in total. The third kappa shape index (κ3) is 4.76. The van der Waals surface area contributed by atoms with E-state index in [4.69, 9.17) is 4.74 Å². The van der Waals surface area contributed by atoms with Crippen LogP contribution in [-0.4, -0.2) is 29.8 Å². The maximum absolute atomic E-state index is 12.5. The molecule has 0 unspecified atom stereocenters. The van der Waals surface area contributed by atoms with E-state index >= 15 is 0 Å². The summed E-state index contributed by atoms with van der Waals surface area (Å²) in [6, 6.07) is 9.14. The molecule has 1 aromatic heterocycles. The zero-order valence-corrected chi connectivity index (χ0v) is 13.4. The highest BCUT2D eigenvalue weighted by molar-refractivity contribution is 7.99. The molecule has 1 aromatic carbocycles. The Labute approximate surface area is 141 Å². The van der Waals surface area contributed by atoms with Crippen LogP contribution in [0.3, 0.4) is 0 Å². The molecule has 0 fully saturated rings. The number of halogens is 2. The van der Waals surface area contributed by atoms with Gasteiger partial charge in [-0.15, -0.1) is 0 Å². The summed E-state index contributed by atoms with van der Waals surface area (Å²) in [5, 5.41) is -0.0847. The van der Waals surface area contributed by atoms with Crippen LogP contribution in [0.15, 0.2) is 47.6 Å². The number of rotatable bonds is 6. The minimum absolute atomic E-state index is 0.0195. The van der Waals surface area contributed by atoms with E-state index in [1.165, 1.54) is 37.6 Å². The first-order valence-corrected chi connectivity index (χ1v) is 7.63. The quantitative estimate of drug-likeness (QED) is 0.585. The van der Waals surface area contributed by atoms with Crippen LogP contribution in [0.25, 0.3) is 0 Å². The number of benzene rings is 1. The minimum atomic E-state index is -2.68. The Balaban J connectivity index is 2.02. The standard InChI is InChI=1S/C16H13F2NO4S/c1-22-14(20)11-6-4-10(5-7-11)9-23-15(21)12-3-2-8-19-13(12)24-16(17)18/h2-8,16H,9H2,1H3. The first-order valence-electron chi connectivity index (χ1n) is 6.75. The van der Waals surface area contributed by atoms with Crippen molar-refractivity contribution < 1.29 is 27.8 Å². The zero-order chi connectivity index (χ0) is 17.5. The average Bonchev–Trinajstić information content (AvgIpc) is 2.59. The SMILES string of the molecule is COC(=O)c1ccc(COC(=O)c2cccnc2SC(F)F)cc1. The first-order chi connectivity index (χ1) is 11.5. The summed E-state index contributed by atoms with van der Waals surface area (Å²) in [4.78, 5) is 27.1. The predicted octanol–water partition coefficient (Wildman–Crippen LogP) is 3.54. The molecule has 0 aliphatic heterocycles. The van der Waals surface area contributed by atoms with Crippen LogP contribution in [0.4, 0.5) is 8.78 Å². The summed E-state index contributed by atoms with van der Waals surface area (Å²) in [6.45, 7) is -0.0615. The molecule has 0 atom stereocenters. The number of methoxy groups -OCH3 is 1. The van der Waals surface area contributed by atoms with E-state index in [1.807, 2.05) is 0 Å². The molecule has 24 heavy (non-hydrogen) atoms. The van der Waals surface area contributed by atoms with Gasteiger partial charge in [-0.25, -0.2) is 14.6 Å². The fraction of sp³-hybridized carbons (Fsp3) is 0.188. The number of pyridine rings is 1. The Morgan fingerprint density at radius 2 is 1.88 bits per heavy atom. The van der Waals surface area contributed by atoms with Crippen LogP contribution < -0.4 is 0 Å². The van der Waals surface area contributed by atoms with Gasteiger partial charge in [-0.05, 0) is 41.6 Å². The molecule has 8 heteroatoms. The summed E-state index contributed by atoms with van der Waals surface area (Å²) in [5.41, 5.74) is 0.993. The Hall–Kier alpha value is -2.48. The highest BCUT2D eigenvalue weighted by Crippen LogP contribution is 2.26. The summed E-state index contributed by atoms with van der Waals surface area (Å²) in [7, 11) is 1.28. The molecule has 0 spiro atoms. The van der Waals surface area contributed by atoms with Crippen molar-refractivity contribution >= 4 is 23.7 Å². The van der Waals surface area contributed by atoms with Gasteiger partial charge >= 0.3 is 11.9 Å². The van der Waals surface area contributed by atoms with Gasteiger partial charge in [-0.3, -0.25) is 0 Å². The van der Waals surface area contributed by atoms with Crippen LogP contribution in [0, 0.1) is 0 Å². The number of hydrogen-bond acceptors (Lipinski definition) is 6. The molecule has 2 aromatic rings. The fourth-order valence-corrected chi connectivity index (χ4v) is 2.37. The van der Waals surface area contributed by atoms with Crippen molar-refractivity contribution in [3.63, 3.8) is 0 Å². The van der Waals surface area contributed by atoms with E-state index in [0.29, 0.717) is 11.1 Å². The number of carbonyl (C=O) groups excluding carboxylic acids is 2. The lowest BCUT2D eigenvalue weighted by Gasteiger charge is -2.08. The van der Waals surface area contributed by atoms with Crippen LogP contribution in [0.2, 0.25) is 0 Å². The molecule has 0 aliphatic rings. The van der Waals surface area contributed by atoms with Crippen molar-refractivity contribution in [2.24, 2.45) is 0 Å². The van der Waals surface area contributed by atoms with Gasteiger partial charge < -0.3 is 9.47 Å². The molecule has 0 saturated heterocycles. The summed E-state index contributed by atoms with van der Waals surface area (Å²) < 4.78 is 34.7. The first kappa shape index (κ1) is 17.9. The Morgan fingerprint density at radius 3 is 2.50 bits per heavy atom. The zero-order valence-electron chi connectivity index (χ0n) is 12.6. The minimum Gasteiger partial charge on any atom is -0.465 e. The van der Waals surface area contributed by atoms with Gasteiger partial charge in [-0.2, -0.15) is 8.78 Å². The van der Waals surface area contributed by atoms with Crippen LogP contribution in [0.1, 0.15) is 26.3 Å². The van der Waals surface area contributed by atoms with Gasteiger partial charge in [0, 0.05) is 6.20 Å². The molecule has 5 nitrogen and oxygen atoms in total. The number of ether oxygens (including phenoxy) is 2. The lowest BCUT2D eigenvalue weighted by atomic mass is 10.1. The van der Waals surface area contributed by atoms with Crippen molar-refractivity contribution in [3.05, 3.63) is 59.3 Å². The van der Waals surface area contributed by atoms with E-state index in [9.17, 15) is 18.4 Å². The number of aromatic nitrogens is 1. The molecule has 126 valence electrons. The van der Waals surface area contributed by atoms with Crippen molar-refractivity contribution in [1.29, 1.82) is 0 Å². The van der Waals surface area contributed by atoms with E-state index in [0.717, 1.165) is 0 Å². The smallest absolute Gasteiger partial charge is 0.341 e. The molecule has 0 radical (unpaired) electrons. The molecule has 0 saturated carbocycles. The summed E-state index contributed by atoms with van der Waals surface area (Å²) >= 11 is 0.186. The van der Waals surface area contributed by atoms with Crippen molar-refractivity contribution in [2.45, 2.75) is 17.4 Å². The highest BCUT2D eigenvalue weighted by Gasteiger charge is 2.18. The van der Waals surface area contributed by atoms with Crippen molar-refractivity contribution in [2.75, 3.05) is 7.11 Å². The average molecular weight is 353 g/mol. The number of carbonyl (C=O) groups is 2. The van der Waals surface area contributed by atoms with Gasteiger partial charge in [0.25, 0.3) is 5.76 Å². The number of nitrogens with zero attached hydrogens (tertiary/aromatic N) is 1. The Kier molecular flexibility index (Phi) is 6.25. The monoisotopic (exact) mass is 353 g/mol. The number of esters is 2. The van der Waals surface area contributed by atoms with Gasteiger partial charge in [0.05, 0.1) is 18.2 Å². The van der Waals surface area contributed by atoms with Gasteiger partial charge in [0.1, 0.15) is 11.6 Å².